The standard InChI is InChI=1S/C22H23FN4O/c23-19-8-6-17(7-9-19)20-14-21(26-25-20)22(28)24-11-13-27-12-10-18(15-27)16-4-2-1-3-5-16/h1-9,14,18H,10-13,15H2,(H,24,28)(H,25,26)/t18-/m0/s1. The Morgan fingerprint density at radius 3 is 2.75 bits per heavy atom. The van der Waals surface area contributed by atoms with Gasteiger partial charge in [-0.1, -0.05) is 30.3 Å². The van der Waals surface area contributed by atoms with E-state index in [2.05, 4.69) is 44.7 Å². The van der Waals surface area contributed by atoms with E-state index in [1.165, 1.54) is 17.7 Å². The average molecular weight is 378 g/mol. The largest absolute Gasteiger partial charge is 0.349 e. The molecule has 3 aromatic rings. The first-order valence-corrected chi connectivity index (χ1v) is 9.56. The van der Waals surface area contributed by atoms with Gasteiger partial charge in [-0.2, -0.15) is 5.10 Å². The number of hydrogen-bond acceptors (Lipinski definition) is 3. The number of nitrogens with one attached hydrogen (secondary N) is 2. The molecule has 0 radical (unpaired) electrons. The number of aromatic nitrogens is 2. The minimum Gasteiger partial charge on any atom is -0.349 e. The molecule has 0 saturated carbocycles. The summed E-state index contributed by atoms with van der Waals surface area (Å²) in [6, 6.07) is 18.3. The summed E-state index contributed by atoms with van der Waals surface area (Å²) in [6.07, 6.45) is 1.15. The maximum absolute atomic E-state index is 13.0. The number of halogens is 1. The number of rotatable bonds is 6. The van der Waals surface area contributed by atoms with Crippen LogP contribution in [0.1, 0.15) is 28.4 Å². The quantitative estimate of drug-likeness (QED) is 0.691. The topological polar surface area (TPSA) is 61.0 Å². The van der Waals surface area contributed by atoms with Gasteiger partial charge in [-0.15, -0.1) is 0 Å². The van der Waals surface area contributed by atoms with E-state index < -0.39 is 0 Å². The monoisotopic (exact) mass is 378 g/mol. The summed E-state index contributed by atoms with van der Waals surface area (Å²) >= 11 is 0. The van der Waals surface area contributed by atoms with Gasteiger partial charge in [-0.05, 0) is 54.8 Å². The number of H-pyrrole nitrogens is 1. The molecule has 1 atom stereocenters. The number of aromatic amines is 1. The molecule has 1 fully saturated rings. The first-order chi connectivity index (χ1) is 13.7. The highest BCUT2D eigenvalue weighted by atomic mass is 19.1. The van der Waals surface area contributed by atoms with E-state index in [4.69, 9.17) is 0 Å². The number of hydrogen-bond donors (Lipinski definition) is 2. The predicted molar refractivity (Wildman–Crippen MR) is 107 cm³/mol. The highest BCUT2D eigenvalue weighted by molar-refractivity contribution is 5.93. The number of likely N-dealkylation sites (tertiary alicyclic amines) is 1. The van der Waals surface area contributed by atoms with Crippen LogP contribution in [0.2, 0.25) is 0 Å². The molecule has 2 heterocycles. The Morgan fingerprint density at radius 2 is 1.96 bits per heavy atom. The third kappa shape index (κ3) is 4.28. The van der Waals surface area contributed by atoms with Crippen molar-refractivity contribution in [3.05, 3.63) is 77.7 Å². The van der Waals surface area contributed by atoms with Crippen molar-refractivity contribution >= 4 is 5.91 Å². The zero-order chi connectivity index (χ0) is 19.3. The highest BCUT2D eigenvalue weighted by Gasteiger charge is 2.23. The number of carbonyl (C=O) groups is 1. The third-order valence-electron chi connectivity index (χ3n) is 5.22. The second-order valence-corrected chi connectivity index (χ2v) is 7.13. The van der Waals surface area contributed by atoms with E-state index in [1.54, 1.807) is 18.2 Å². The minimum atomic E-state index is -0.298. The molecule has 6 heteroatoms. The second kappa shape index (κ2) is 8.35. The molecule has 2 aromatic carbocycles. The Kier molecular flexibility index (Phi) is 5.48. The van der Waals surface area contributed by atoms with Crippen molar-refractivity contribution in [2.24, 2.45) is 0 Å². The van der Waals surface area contributed by atoms with Crippen LogP contribution in [0.15, 0.2) is 60.7 Å². The molecule has 0 aliphatic carbocycles. The fourth-order valence-corrected chi connectivity index (χ4v) is 3.66. The highest BCUT2D eigenvalue weighted by Crippen LogP contribution is 2.26. The van der Waals surface area contributed by atoms with Gasteiger partial charge in [0.25, 0.3) is 5.91 Å². The van der Waals surface area contributed by atoms with Crippen molar-refractivity contribution in [2.45, 2.75) is 12.3 Å². The Labute approximate surface area is 163 Å². The number of benzene rings is 2. The van der Waals surface area contributed by atoms with Gasteiger partial charge in [0.05, 0.1) is 5.69 Å². The molecule has 0 spiro atoms. The van der Waals surface area contributed by atoms with E-state index in [0.717, 1.165) is 31.6 Å². The summed E-state index contributed by atoms with van der Waals surface area (Å²) in [6.45, 7) is 3.49. The van der Waals surface area contributed by atoms with Crippen LogP contribution >= 0.6 is 0 Å². The molecule has 28 heavy (non-hydrogen) atoms. The average Bonchev–Trinajstić information content (AvgIpc) is 3.39. The molecule has 5 nitrogen and oxygen atoms in total. The van der Waals surface area contributed by atoms with Crippen LogP contribution in [0.4, 0.5) is 4.39 Å². The molecule has 1 saturated heterocycles. The van der Waals surface area contributed by atoms with Gasteiger partial charge in [-0.25, -0.2) is 4.39 Å². The SMILES string of the molecule is O=C(NCCN1CC[C@H](c2ccccc2)C1)c1cc(-c2ccc(F)cc2)n[nH]1. The molecule has 4 rings (SSSR count). The zero-order valence-corrected chi connectivity index (χ0v) is 15.6. The van der Waals surface area contributed by atoms with Crippen LogP contribution in [0.25, 0.3) is 11.3 Å². The fourth-order valence-electron chi connectivity index (χ4n) is 3.66. The third-order valence-corrected chi connectivity index (χ3v) is 5.22. The van der Waals surface area contributed by atoms with Crippen LogP contribution in [0.3, 0.4) is 0 Å². The molecule has 1 aliphatic rings. The van der Waals surface area contributed by atoms with Crippen LogP contribution in [-0.2, 0) is 0 Å². The van der Waals surface area contributed by atoms with Crippen molar-refractivity contribution in [2.75, 3.05) is 26.2 Å². The Hall–Kier alpha value is -2.99. The van der Waals surface area contributed by atoms with Crippen LogP contribution < -0.4 is 5.32 Å². The first-order valence-electron chi connectivity index (χ1n) is 9.56. The maximum atomic E-state index is 13.0. The molecule has 144 valence electrons. The fraction of sp³-hybridized carbons (Fsp3) is 0.273. The van der Waals surface area contributed by atoms with Crippen molar-refractivity contribution in [1.29, 1.82) is 0 Å². The Balaban J connectivity index is 1.26. The number of nitrogens with zero attached hydrogens (tertiary/aromatic N) is 2. The van der Waals surface area contributed by atoms with Crippen LogP contribution in [-0.4, -0.2) is 47.2 Å². The van der Waals surface area contributed by atoms with Gasteiger partial charge in [0.1, 0.15) is 11.5 Å². The zero-order valence-electron chi connectivity index (χ0n) is 15.6. The predicted octanol–water partition coefficient (Wildman–Crippen LogP) is 3.44. The molecule has 1 amide bonds. The van der Waals surface area contributed by atoms with Gasteiger partial charge in [0.2, 0.25) is 0 Å². The summed E-state index contributed by atoms with van der Waals surface area (Å²) < 4.78 is 13.0. The van der Waals surface area contributed by atoms with E-state index in [0.29, 0.717) is 23.9 Å². The van der Waals surface area contributed by atoms with Crippen molar-refractivity contribution in [3.63, 3.8) is 0 Å². The van der Waals surface area contributed by atoms with Crippen LogP contribution in [0.5, 0.6) is 0 Å². The van der Waals surface area contributed by atoms with Gasteiger partial charge in [0.15, 0.2) is 0 Å². The second-order valence-electron chi connectivity index (χ2n) is 7.13. The molecule has 1 aromatic heterocycles. The van der Waals surface area contributed by atoms with E-state index in [1.807, 2.05) is 6.07 Å². The van der Waals surface area contributed by atoms with Gasteiger partial charge in [-0.3, -0.25) is 9.89 Å². The summed E-state index contributed by atoms with van der Waals surface area (Å²) in [5.41, 5.74) is 3.18. The van der Waals surface area contributed by atoms with E-state index in [-0.39, 0.29) is 11.7 Å². The number of amides is 1. The van der Waals surface area contributed by atoms with Crippen molar-refractivity contribution < 1.29 is 9.18 Å². The van der Waals surface area contributed by atoms with E-state index >= 15 is 0 Å². The normalized spacial score (nSPS) is 17.0. The van der Waals surface area contributed by atoms with Crippen molar-refractivity contribution in [1.82, 2.24) is 20.4 Å². The van der Waals surface area contributed by atoms with Crippen molar-refractivity contribution in [3.8, 4) is 11.3 Å². The molecule has 1 aliphatic heterocycles. The van der Waals surface area contributed by atoms with Gasteiger partial charge in [0, 0.05) is 25.2 Å². The van der Waals surface area contributed by atoms with Crippen LogP contribution in [0, 0.1) is 5.82 Å². The van der Waals surface area contributed by atoms with Gasteiger partial charge >= 0.3 is 0 Å². The lowest BCUT2D eigenvalue weighted by atomic mass is 9.99. The van der Waals surface area contributed by atoms with Gasteiger partial charge < -0.3 is 10.2 Å². The molecular formula is C22H23FN4O. The lowest BCUT2D eigenvalue weighted by molar-refractivity contribution is 0.0944. The Morgan fingerprint density at radius 1 is 1.18 bits per heavy atom. The van der Waals surface area contributed by atoms with E-state index in [9.17, 15) is 9.18 Å². The first kappa shape index (κ1) is 18.4. The molecule has 0 unspecified atom stereocenters. The summed E-state index contributed by atoms with van der Waals surface area (Å²) in [7, 11) is 0. The number of carbonyl (C=O) groups excluding carboxylic acids is 1. The minimum absolute atomic E-state index is 0.181. The lowest BCUT2D eigenvalue weighted by Crippen LogP contribution is -2.34. The maximum Gasteiger partial charge on any atom is 0.269 e. The smallest absolute Gasteiger partial charge is 0.269 e. The summed E-state index contributed by atoms with van der Waals surface area (Å²) in [5.74, 6) is 0.0936. The summed E-state index contributed by atoms with van der Waals surface area (Å²) in [5, 5.41) is 9.85. The lowest BCUT2D eigenvalue weighted by Gasteiger charge is -2.16. The summed E-state index contributed by atoms with van der Waals surface area (Å²) in [4.78, 5) is 14.7. The molecular weight excluding hydrogens is 355 g/mol. The molecule has 0 bridgehead atoms. The Bertz CT molecular complexity index is 923. The molecule has 2 N–H and O–H groups in total.